The number of carbonyl (C=O) groups is 1. The van der Waals surface area contributed by atoms with Crippen LogP contribution in [0.4, 0.5) is 10.5 Å². The van der Waals surface area contributed by atoms with E-state index in [4.69, 9.17) is 9.47 Å². The summed E-state index contributed by atoms with van der Waals surface area (Å²) < 4.78 is 13.7. The summed E-state index contributed by atoms with van der Waals surface area (Å²) in [7, 11) is 0. The number of rotatable bonds is 3. The molecule has 1 aromatic heterocycles. The molecule has 1 aromatic carbocycles. The van der Waals surface area contributed by atoms with Crippen molar-refractivity contribution in [2.45, 2.75) is 38.5 Å². The van der Waals surface area contributed by atoms with E-state index in [2.05, 4.69) is 29.1 Å². The molecule has 0 unspecified atom stereocenters. The molecule has 0 bridgehead atoms. The Balaban J connectivity index is 1.44. The maximum atomic E-state index is 12.7. The highest BCUT2D eigenvalue weighted by Gasteiger charge is 2.32. The van der Waals surface area contributed by atoms with Crippen molar-refractivity contribution in [3.05, 3.63) is 30.5 Å². The van der Waals surface area contributed by atoms with Gasteiger partial charge in [-0.3, -0.25) is 0 Å². The minimum atomic E-state index is -0.0692. The number of morpholine rings is 1. The second-order valence-electron chi connectivity index (χ2n) is 6.71. The van der Waals surface area contributed by atoms with Gasteiger partial charge in [0.1, 0.15) is 6.10 Å². The van der Waals surface area contributed by atoms with Gasteiger partial charge in [0.25, 0.3) is 0 Å². The number of benzene rings is 1. The van der Waals surface area contributed by atoms with Crippen molar-refractivity contribution in [3.63, 3.8) is 0 Å². The van der Waals surface area contributed by atoms with Crippen LogP contribution in [0.2, 0.25) is 0 Å². The number of nitrogens with zero attached hydrogens (tertiary/aromatic N) is 2. The Morgan fingerprint density at radius 2 is 2.12 bits per heavy atom. The standard InChI is InChI=1S/C19H25N3O3/c1-2-21-8-7-14-5-6-15(12-16(14)21)20-19(23)22-9-11-25-18(13-22)17-4-3-10-24-17/h5-8,12,17-18H,2-4,9-11,13H2,1H3,(H,20,23)/t17-,18-/m1/s1. The first-order valence-electron chi connectivity index (χ1n) is 9.12. The summed E-state index contributed by atoms with van der Waals surface area (Å²) in [6.07, 6.45) is 4.28. The molecule has 2 saturated heterocycles. The van der Waals surface area contributed by atoms with Crippen LogP contribution in [-0.4, -0.2) is 54.0 Å². The van der Waals surface area contributed by atoms with E-state index in [0.717, 1.165) is 37.2 Å². The average Bonchev–Trinajstić information content (AvgIpc) is 3.31. The van der Waals surface area contributed by atoms with Crippen LogP contribution in [0.5, 0.6) is 0 Å². The molecule has 0 saturated carbocycles. The van der Waals surface area contributed by atoms with Gasteiger partial charge in [0.2, 0.25) is 0 Å². The van der Waals surface area contributed by atoms with Crippen molar-refractivity contribution in [1.82, 2.24) is 9.47 Å². The van der Waals surface area contributed by atoms with Gasteiger partial charge in [0.15, 0.2) is 0 Å². The van der Waals surface area contributed by atoms with Gasteiger partial charge >= 0.3 is 6.03 Å². The van der Waals surface area contributed by atoms with E-state index in [1.54, 1.807) is 0 Å². The fourth-order valence-corrected chi connectivity index (χ4v) is 3.72. The Morgan fingerprint density at radius 3 is 2.92 bits per heavy atom. The van der Waals surface area contributed by atoms with Crippen LogP contribution in [0.3, 0.4) is 0 Å². The lowest BCUT2D eigenvalue weighted by Gasteiger charge is -2.35. The topological polar surface area (TPSA) is 55.7 Å². The van der Waals surface area contributed by atoms with Gasteiger partial charge in [-0.15, -0.1) is 0 Å². The predicted molar refractivity (Wildman–Crippen MR) is 96.9 cm³/mol. The molecule has 4 rings (SSSR count). The zero-order valence-electron chi connectivity index (χ0n) is 14.6. The zero-order valence-corrected chi connectivity index (χ0v) is 14.6. The van der Waals surface area contributed by atoms with Crippen molar-refractivity contribution >= 4 is 22.6 Å². The van der Waals surface area contributed by atoms with Crippen LogP contribution in [-0.2, 0) is 16.0 Å². The number of hydrogen-bond donors (Lipinski definition) is 1. The van der Waals surface area contributed by atoms with E-state index in [0.29, 0.717) is 19.7 Å². The zero-order chi connectivity index (χ0) is 17.2. The number of urea groups is 1. The second-order valence-corrected chi connectivity index (χ2v) is 6.71. The molecular weight excluding hydrogens is 318 g/mol. The first-order valence-corrected chi connectivity index (χ1v) is 9.12. The van der Waals surface area contributed by atoms with Gasteiger partial charge in [0.05, 0.1) is 24.8 Å². The number of fused-ring (bicyclic) bond motifs is 1. The molecular formula is C19H25N3O3. The minimum absolute atomic E-state index is 0.0122. The molecule has 2 atom stereocenters. The van der Waals surface area contributed by atoms with Gasteiger partial charge < -0.3 is 24.3 Å². The summed E-state index contributed by atoms with van der Waals surface area (Å²) >= 11 is 0. The van der Waals surface area contributed by atoms with Crippen LogP contribution in [0.25, 0.3) is 10.9 Å². The highest BCUT2D eigenvalue weighted by atomic mass is 16.5. The highest BCUT2D eigenvalue weighted by molar-refractivity contribution is 5.93. The van der Waals surface area contributed by atoms with Crippen molar-refractivity contribution < 1.29 is 14.3 Å². The lowest BCUT2D eigenvalue weighted by molar-refractivity contribution is -0.0839. The van der Waals surface area contributed by atoms with E-state index >= 15 is 0 Å². The molecule has 2 aliphatic heterocycles. The summed E-state index contributed by atoms with van der Waals surface area (Å²) in [5.41, 5.74) is 1.96. The van der Waals surface area contributed by atoms with Crippen molar-refractivity contribution in [2.75, 3.05) is 31.6 Å². The molecule has 6 nitrogen and oxygen atoms in total. The van der Waals surface area contributed by atoms with Crippen molar-refractivity contribution in [2.24, 2.45) is 0 Å². The monoisotopic (exact) mass is 343 g/mol. The van der Waals surface area contributed by atoms with Crippen molar-refractivity contribution in [1.29, 1.82) is 0 Å². The summed E-state index contributed by atoms with van der Waals surface area (Å²) in [6.45, 7) is 5.59. The maximum absolute atomic E-state index is 12.7. The lowest BCUT2D eigenvalue weighted by Crippen LogP contribution is -2.51. The number of nitrogens with one attached hydrogen (secondary N) is 1. The largest absolute Gasteiger partial charge is 0.375 e. The van der Waals surface area contributed by atoms with E-state index in [1.165, 1.54) is 5.39 Å². The van der Waals surface area contributed by atoms with Gasteiger partial charge in [0, 0.05) is 31.6 Å². The van der Waals surface area contributed by atoms with Crippen LogP contribution in [0.15, 0.2) is 30.5 Å². The molecule has 2 fully saturated rings. The number of anilines is 1. The lowest BCUT2D eigenvalue weighted by atomic mass is 10.1. The first-order chi connectivity index (χ1) is 12.2. The summed E-state index contributed by atoms with van der Waals surface area (Å²) in [4.78, 5) is 14.5. The van der Waals surface area contributed by atoms with Crippen LogP contribution in [0, 0.1) is 0 Å². The van der Waals surface area contributed by atoms with Gasteiger partial charge in [-0.2, -0.15) is 0 Å². The minimum Gasteiger partial charge on any atom is -0.375 e. The van der Waals surface area contributed by atoms with Gasteiger partial charge in [-0.25, -0.2) is 4.79 Å². The van der Waals surface area contributed by atoms with Gasteiger partial charge in [-0.05, 0) is 43.4 Å². The van der Waals surface area contributed by atoms with Crippen molar-refractivity contribution in [3.8, 4) is 0 Å². The highest BCUT2D eigenvalue weighted by Crippen LogP contribution is 2.23. The first kappa shape index (κ1) is 16.4. The molecule has 2 aliphatic rings. The number of ether oxygens (including phenoxy) is 2. The summed E-state index contributed by atoms with van der Waals surface area (Å²) in [5.74, 6) is 0. The molecule has 25 heavy (non-hydrogen) atoms. The van der Waals surface area contributed by atoms with Crippen LogP contribution >= 0.6 is 0 Å². The third-order valence-corrected chi connectivity index (χ3v) is 5.13. The third-order valence-electron chi connectivity index (χ3n) is 5.13. The smallest absolute Gasteiger partial charge is 0.322 e. The Labute approximate surface area is 147 Å². The quantitative estimate of drug-likeness (QED) is 0.932. The normalized spacial score (nSPS) is 24.0. The Bertz CT molecular complexity index is 751. The van der Waals surface area contributed by atoms with E-state index in [1.807, 2.05) is 23.1 Å². The molecule has 1 N–H and O–H groups in total. The Kier molecular flexibility index (Phi) is 4.63. The molecule has 0 spiro atoms. The number of aromatic nitrogens is 1. The number of amides is 2. The molecule has 3 heterocycles. The fourth-order valence-electron chi connectivity index (χ4n) is 3.72. The molecule has 0 aliphatic carbocycles. The van der Waals surface area contributed by atoms with E-state index in [9.17, 15) is 4.79 Å². The number of aryl methyl sites for hydroxylation is 1. The third kappa shape index (κ3) is 3.37. The van der Waals surface area contributed by atoms with E-state index in [-0.39, 0.29) is 18.2 Å². The number of carbonyl (C=O) groups excluding carboxylic acids is 1. The summed E-state index contributed by atoms with van der Waals surface area (Å²) in [5, 5.41) is 4.22. The Morgan fingerprint density at radius 1 is 1.24 bits per heavy atom. The van der Waals surface area contributed by atoms with Gasteiger partial charge in [-0.1, -0.05) is 6.07 Å². The van der Waals surface area contributed by atoms with Crippen LogP contribution in [0.1, 0.15) is 19.8 Å². The molecule has 0 radical (unpaired) electrons. The molecule has 6 heteroatoms. The second kappa shape index (κ2) is 7.06. The molecule has 2 amide bonds. The molecule has 134 valence electrons. The molecule has 2 aromatic rings. The van der Waals surface area contributed by atoms with E-state index < -0.39 is 0 Å². The fraction of sp³-hybridized carbons (Fsp3) is 0.526. The van der Waals surface area contributed by atoms with Crippen LogP contribution < -0.4 is 5.32 Å². The summed E-state index contributed by atoms with van der Waals surface area (Å²) in [6, 6.07) is 8.07. The SMILES string of the molecule is CCn1ccc2ccc(NC(=O)N3CCO[C@@H]([C@H]4CCCO4)C3)cc21. The predicted octanol–water partition coefficient (Wildman–Crippen LogP) is 3.07. The maximum Gasteiger partial charge on any atom is 0.322 e. The average molecular weight is 343 g/mol. The Hall–Kier alpha value is -2.05. The number of hydrogen-bond acceptors (Lipinski definition) is 3.